The number of halogens is 2. The molecular weight excluding hydrogens is 317 g/mol. The number of ether oxygens (including phenoxy) is 1. The summed E-state index contributed by atoms with van der Waals surface area (Å²) in [5.41, 5.74) is -0.726. The molecule has 0 atom stereocenters. The lowest BCUT2D eigenvalue weighted by molar-refractivity contribution is -0.149. The Labute approximate surface area is 131 Å². The smallest absolute Gasteiger partial charge is 0.321 e. The van der Waals surface area contributed by atoms with Gasteiger partial charge >= 0.3 is 5.97 Å². The van der Waals surface area contributed by atoms with Gasteiger partial charge in [0.05, 0.1) is 16.7 Å². The molecule has 0 fully saturated rings. The quantitative estimate of drug-likeness (QED) is 0.801. The SMILES string of the molecule is CCOC(=O)C(C)(C)c1nc(-c2ncc(Cl)cc2Cl)no1. The van der Waals surface area contributed by atoms with E-state index in [1.54, 1.807) is 20.8 Å². The van der Waals surface area contributed by atoms with Crippen molar-refractivity contribution in [3.05, 3.63) is 28.2 Å². The Balaban J connectivity index is 2.35. The summed E-state index contributed by atoms with van der Waals surface area (Å²) in [4.78, 5) is 20.2. The second-order valence-corrected chi connectivity index (χ2v) is 5.60. The highest BCUT2D eigenvalue weighted by atomic mass is 35.5. The molecule has 2 rings (SSSR count). The molecule has 2 aromatic rings. The number of hydrogen-bond acceptors (Lipinski definition) is 6. The largest absolute Gasteiger partial charge is 0.465 e. The molecule has 21 heavy (non-hydrogen) atoms. The second kappa shape index (κ2) is 5.99. The van der Waals surface area contributed by atoms with Gasteiger partial charge in [0.15, 0.2) is 0 Å². The zero-order valence-corrected chi connectivity index (χ0v) is 13.2. The molecule has 0 bridgehead atoms. The summed E-state index contributed by atoms with van der Waals surface area (Å²) in [5.74, 6) is -0.136. The highest BCUT2D eigenvalue weighted by molar-refractivity contribution is 6.35. The van der Waals surface area contributed by atoms with Crippen molar-refractivity contribution >= 4 is 29.2 Å². The van der Waals surface area contributed by atoms with Crippen molar-refractivity contribution in [1.82, 2.24) is 15.1 Å². The van der Waals surface area contributed by atoms with Crippen LogP contribution in [-0.4, -0.2) is 27.7 Å². The van der Waals surface area contributed by atoms with Gasteiger partial charge in [-0.2, -0.15) is 4.98 Å². The zero-order valence-electron chi connectivity index (χ0n) is 11.7. The Morgan fingerprint density at radius 1 is 1.43 bits per heavy atom. The van der Waals surface area contributed by atoms with Crippen LogP contribution in [-0.2, 0) is 14.9 Å². The van der Waals surface area contributed by atoms with Crippen LogP contribution in [0.15, 0.2) is 16.8 Å². The van der Waals surface area contributed by atoms with Gasteiger partial charge < -0.3 is 9.26 Å². The lowest BCUT2D eigenvalue weighted by atomic mass is 9.94. The van der Waals surface area contributed by atoms with Gasteiger partial charge in [-0.1, -0.05) is 28.4 Å². The maximum absolute atomic E-state index is 11.9. The molecule has 0 N–H and O–H groups in total. The van der Waals surface area contributed by atoms with E-state index in [0.717, 1.165) is 0 Å². The third-order valence-electron chi connectivity index (χ3n) is 2.77. The van der Waals surface area contributed by atoms with E-state index in [-0.39, 0.29) is 18.3 Å². The molecule has 112 valence electrons. The summed E-state index contributed by atoms with van der Waals surface area (Å²) in [6, 6.07) is 1.53. The van der Waals surface area contributed by atoms with Gasteiger partial charge in [0.2, 0.25) is 11.7 Å². The zero-order chi connectivity index (χ0) is 15.6. The average Bonchev–Trinajstić information content (AvgIpc) is 2.89. The Hall–Kier alpha value is -1.66. The monoisotopic (exact) mass is 329 g/mol. The topological polar surface area (TPSA) is 78.1 Å². The molecule has 0 aromatic carbocycles. The maximum Gasteiger partial charge on any atom is 0.321 e. The Kier molecular flexibility index (Phi) is 4.49. The number of hydrogen-bond donors (Lipinski definition) is 0. The van der Waals surface area contributed by atoms with Gasteiger partial charge in [-0.15, -0.1) is 0 Å². The standard InChI is InChI=1S/C13H13Cl2N3O3/c1-4-20-12(19)13(2,3)11-17-10(18-21-11)9-8(15)5-7(14)6-16-9/h5-6H,4H2,1-3H3. The first-order chi connectivity index (χ1) is 9.86. The Bertz CT molecular complexity index is 670. The molecular formula is C13H13Cl2N3O3. The molecule has 0 saturated heterocycles. The van der Waals surface area contributed by atoms with E-state index in [0.29, 0.717) is 15.7 Å². The van der Waals surface area contributed by atoms with Crippen LogP contribution in [0.25, 0.3) is 11.5 Å². The first-order valence-corrected chi connectivity index (χ1v) is 6.94. The van der Waals surface area contributed by atoms with Crippen LogP contribution >= 0.6 is 23.2 Å². The van der Waals surface area contributed by atoms with Gasteiger partial charge in [0.25, 0.3) is 0 Å². The number of aromatic nitrogens is 3. The van der Waals surface area contributed by atoms with Crippen LogP contribution in [0.5, 0.6) is 0 Å². The van der Waals surface area contributed by atoms with Crippen molar-refractivity contribution < 1.29 is 14.1 Å². The van der Waals surface area contributed by atoms with Crippen LogP contribution in [0.2, 0.25) is 10.0 Å². The van der Waals surface area contributed by atoms with Crippen molar-refractivity contribution in [2.24, 2.45) is 0 Å². The third kappa shape index (κ3) is 3.16. The Morgan fingerprint density at radius 3 is 2.76 bits per heavy atom. The fraction of sp³-hybridized carbons (Fsp3) is 0.385. The van der Waals surface area contributed by atoms with Crippen molar-refractivity contribution in [2.75, 3.05) is 6.61 Å². The summed E-state index contributed by atoms with van der Waals surface area (Å²) in [6.07, 6.45) is 1.43. The van der Waals surface area contributed by atoms with Crippen molar-refractivity contribution in [3.63, 3.8) is 0 Å². The lowest BCUT2D eigenvalue weighted by Gasteiger charge is -2.16. The predicted octanol–water partition coefficient (Wildman–Crippen LogP) is 3.28. The Morgan fingerprint density at radius 2 is 2.14 bits per heavy atom. The van der Waals surface area contributed by atoms with Gasteiger partial charge in [0.1, 0.15) is 11.1 Å². The van der Waals surface area contributed by atoms with Gasteiger partial charge in [-0.3, -0.25) is 4.79 Å². The molecule has 0 aliphatic carbocycles. The minimum atomic E-state index is -1.06. The van der Waals surface area contributed by atoms with E-state index < -0.39 is 11.4 Å². The van der Waals surface area contributed by atoms with Crippen LogP contribution < -0.4 is 0 Å². The highest BCUT2D eigenvalue weighted by Gasteiger charge is 2.37. The summed E-state index contributed by atoms with van der Waals surface area (Å²) >= 11 is 11.8. The molecule has 0 unspecified atom stereocenters. The summed E-state index contributed by atoms with van der Waals surface area (Å²) in [6.45, 7) is 5.27. The number of nitrogens with zero attached hydrogens (tertiary/aromatic N) is 3. The molecule has 0 aliphatic rings. The summed E-state index contributed by atoms with van der Waals surface area (Å²) in [5, 5.41) is 4.50. The number of carbonyl (C=O) groups is 1. The molecule has 8 heteroatoms. The third-order valence-corrected chi connectivity index (χ3v) is 3.26. The molecule has 0 spiro atoms. The summed E-state index contributed by atoms with van der Waals surface area (Å²) in [7, 11) is 0. The van der Waals surface area contributed by atoms with Crippen molar-refractivity contribution in [3.8, 4) is 11.5 Å². The summed E-state index contributed by atoms with van der Waals surface area (Å²) < 4.78 is 10.1. The minimum absolute atomic E-state index is 0.128. The minimum Gasteiger partial charge on any atom is -0.465 e. The normalized spacial score (nSPS) is 11.5. The van der Waals surface area contributed by atoms with Crippen LogP contribution in [0, 0.1) is 0 Å². The maximum atomic E-state index is 11.9. The number of esters is 1. The molecule has 0 saturated carbocycles. The van der Waals surface area contributed by atoms with Crippen LogP contribution in [0.3, 0.4) is 0 Å². The number of rotatable bonds is 4. The molecule has 0 aliphatic heterocycles. The van der Waals surface area contributed by atoms with Crippen molar-refractivity contribution in [2.45, 2.75) is 26.2 Å². The lowest BCUT2D eigenvalue weighted by Crippen LogP contribution is -2.31. The van der Waals surface area contributed by atoms with Crippen molar-refractivity contribution in [1.29, 1.82) is 0 Å². The van der Waals surface area contributed by atoms with E-state index in [9.17, 15) is 4.79 Å². The predicted molar refractivity (Wildman–Crippen MR) is 77.2 cm³/mol. The first-order valence-electron chi connectivity index (χ1n) is 6.19. The van der Waals surface area contributed by atoms with E-state index in [1.807, 2.05) is 0 Å². The fourth-order valence-electron chi connectivity index (χ4n) is 1.55. The van der Waals surface area contributed by atoms with Crippen LogP contribution in [0.4, 0.5) is 0 Å². The van der Waals surface area contributed by atoms with Gasteiger partial charge in [0, 0.05) is 6.20 Å². The molecule has 0 radical (unpaired) electrons. The highest BCUT2D eigenvalue weighted by Crippen LogP contribution is 2.29. The van der Waals surface area contributed by atoms with E-state index in [1.165, 1.54) is 12.3 Å². The van der Waals surface area contributed by atoms with Gasteiger partial charge in [-0.05, 0) is 26.8 Å². The second-order valence-electron chi connectivity index (χ2n) is 4.75. The molecule has 6 nitrogen and oxygen atoms in total. The first kappa shape index (κ1) is 15.7. The molecule has 0 amide bonds. The van der Waals surface area contributed by atoms with Gasteiger partial charge in [-0.25, -0.2) is 4.98 Å². The number of pyridine rings is 1. The average molecular weight is 330 g/mol. The van der Waals surface area contributed by atoms with E-state index in [4.69, 9.17) is 32.5 Å². The van der Waals surface area contributed by atoms with E-state index in [2.05, 4.69) is 15.1 Å². The van der Waals surface area contributed by atoms with E-state index >= 15 is 0 Å². The molecule has 2 aromatic heterocycles. The molecule has 2 heterocycles. The van der Waals surface area contributed by atoms with Crippen LogP contribution in [0.1, 0.15) is 26.7 Å². The number of carbonyl (C=O) groups excluding carboxylic acids is 1. The fourth-order valence-corrected chi connectivity index (χ4v) is 2.02.